The fourth-order valence-electron chi connectivity index (χ4n) is 10.4. The summed E-state index contributed by atoms with van der Waals surface area (Å²) in [5, 5.41) is 25.1. The van der Waals surface area contributed by atoms with Crippen LogP contribution in [0.5, 0.6) is 5.75 Å². The number of para-hydroxylation sites is 2. The van der Waals surface area contributed by atoms with Gasteiger partial charge < -0.3 is 38.8 Å². The summed E-state index contributed by atoms with van der Waals surface area (Å²) in [7, 11) is 0. The van der Waals surface area contributed by atoms with E-state index in [2.05, 4.69) is 41.9 Å². The second-order valence-corrected chi connectivity index (χ2v) is 21.6. The van der Waals surface area contributed by atoms with Crippen LogP contribution < -0.4 is 0 Å². The molecule has 2 aliphatic heterocycles. The lowest BCUT2D eigenvalue weighted by molar-refractivity contribution is -0.385. The Labute approximate surface area is 527 Å². The van der Waals surface area contributed by atoms with Gasteiger partial charge in [0.2, 0.25) is 5.91 Å². The van der Waals surface area contributed by atoms with Gasteiger partial charge in [-0.2, -0.15) is 0 Å². The molecule has 3 heterocycles. The number of hydrogen-bond donors (Lipinski definition) is 1. The van der Waals surface area contributed by atoms with E-state index in [0.717, 1.165) is 42.3 Å². The first-order chi connectivity index (χ1) is 44.0. The van der Waals surface area contributed by atoms with E-state index in [-0.39, 0.29) is 54.3 Å². The Morgan fingerprint density at radius 1 is 0.714 bits per heavy atom. The molecule has 1 N–H and O–H groups in total. The van der Waals surface area contributed by atoms with E-state index in [9.17, 15) is 48.8 Å². The molecule has 2 saturated heterocycles. The SMILES string of the molecule is C=C(C)C(=O)OC1CCN(C(=O)OCc2ccccc2[N+](=O)[O-])CC1.CC(OC(=O)n1ccnc1)c1ccc2c(c1)C(=O)c1ccccc1C2=O.CCN(CC)C(=O)OCc1c2ccccc2cc2ccccc12.O=C(/C=C/c1ccccc1O)N1CCCCC1. The van der Waals surface area contributed by atoms with Gasteiger partial charge in [0.15, 0.2) is 11.6 Å². The maximum absolute atomic E-state index is 12.8. The van der Waals surface area contributed by atoms with Crippen LogP contribution in [0.3, 0.4) is 0 Å². The molecule has 1 unspecified atom stereocenters. The Kier molecular flexibility index (Phi) is 23.2. The van der Waals surface area contributed by atoms with Crippen molar-refractivity contribution in [2.45, 2.75) is 85.2 Å². The van der Waals surface area contributed by atoms with Gasteiger partial charge in [0.05, 0.1) is 10.5 Å². The number of benzene rings is 7. The number of esters is 1. The van der Waals surface area contributed by atoms with Crippen molar-refractivity contribution in [1.82, 2.24) is 24.3 Å². The van der Waals surface area contributed by atoms with Crippen LogP contribution in [0.25, 0.3) is 27.6 Å². The fraction of sp³-hybridized carbons (Fsp3) is 0.268. The Hall–Kier alpha value is -10.8. The van der Waals surface area contributed by atoms with Crippen molar-refractivity contribution in [3.63, 3.8) is 0 Å². The van der Waals surface area contributed by atoms with Crippen molar-refractivity contribution in [1.29, 1.82) is 0 Å². The average molecular weight is 1230 g/mol. The second kappa shape index (κ2) is 31.9. The van der Waals surface area contributed by atoms with Crippen LogP contribution in [-0.4, -0.2) is 121 Å². The van der Waals surface area contributed by atoms with Crippen LogP contribution in [0.15, 0.2) is 183 Å². The number of hydrogen-bond acceptors (Lipinski definition) is 15. The number of ether oxygens (including phenoxy) is 4. The number of imidazole rings is 1. The summed E-state index contributed by atoms with van der Waals surface area (Å²) in [5.74, 6) is -0.574. The number of aromatic hydroxyl groups is 1. The molecule has 1 aromatic heterocycles. The second-order valence-electron chi connectivity index (χ2n) is 21.6. The van der Waals surface area contributed by atoms with Crippen LogP contribution in [0.1, 0.15) is 120 Å². The number of phenols is 1. The van der Waals surface area contributed by atoms with Crippen molar-refractivity contribution in [2.75, 3.05) is 39.3 Å². The number of aromatic nitrogens is 2. The molecule has 20 nitrogen and oxygen atoms in total. The predicted octanol–water partition coefficient (Wildman–Crippen LogP) is 13.6. The Morgan fingerprint density at radius 2 is 1.31 bits per heavy atom. The van der Waals surface area contributed by atoms with Gasteiger partial charge in [-0.25, -0.2) is 28.7 Å². The zero-order valence-electron chi connectivity index (χ0n) is 51.2. The van der Waals surface area contributed by atoms with Gasteiger partial charge in [0.1, 0.15) is 37.5 Å². The number of likely N-dealkylation sites (tertiary alicyclic amines) is 2. The van der Waals surface area contributed by atoms with Gasteiger partial charge >= 0.3 is 24.2 Å². The molecule has 0 saturated carbocycles. The number of nitro groups is 1. The number of phenolic OH excluding ortho intramolecular Hbond substituents is 1. The predicted molar refractivity (Wildman–Crippen MR) is 343 cm³/mol. The van der Waals surface area contributed by atoms with E-state index >= 15 is 0 Å². The third-order valence-corrected chi connectivity index (χ3v) is 15.5. The molecule has 2 fully saturated rings. The third kappa shape index (κ3) is 17.3. The highest BCUT2D eigenvalue weighted by Crippen LogP contribution is 2.32. The van der Waals surface area contributed by atoms with Crippen LogP contribution in [-0.2, 0) is 41.8 Å². The zero-order valence-corrected chi connectivity index (χ0v) is 51.2. The monoisotopic (exact) mass is 1230 g/mol. The van der Waals surface area contributed by atoms with Crippen LogP contribution >= 0.6 is 0 Å². The Bertz CT molecular complexity index is 3920. The summed E-state index contributed by atoms with van der Waals surface area (Å²) in [6, 6.07) is 43.5. The first kappa shape index (κ1) is 66.2. The Morgan fingerprint density at radius 3 is 1.92 bits per heavy atom. The molecule has 20 heteroatoms. The van der Waals surface area contributed by atoms with E-state index < -0.39 is 29.2 Å². The number of ketones is 2. The standard InChI is InChI=1S/C20H14N2O4.C20H21NO2.C17H20N2O6.C14H17NO2/c1-12(26-20(25)22-9-8-21-11-22)13-6-7-16-17(10-13)19(24)15-5-3-2-4-14(15)18(16)23;1-3-21(4-2)20(22)23-14-19-17-11-7-5-9-15(17)13-16-10-6-8-12-18(16)19;1-12(2)16(20)25-14-7-9-18(10-8-14)17(21)24-11-13-5-3-4-6-15(13)19(22)23;16-13-7-3-2-6-12(13)8-9-14(17)15-10-4-1-5-11-15/h2-12H,1H3;5-13H,3-4,14H2,1-2H3;3-6,14H,1,7-11H2,2H3;2-3,6-9,16H,1,4-5,10-11H2/b;;;9-8+. The minimum atomic E-state index is -0.588. The molecule has 3 aliphatic rings. The topological polar surface area (TPSA) is 247 Å². The van der Waals surface area contributed by atoms with Gasteiger partial charge in [0.25, 0.3) is 5.69 Å². The minimum Gasteiger partial charge on any atom is -0.507 e. The Balaban J connectivity index is 0.000000158. The van der Waals surface area contributed by atoms with E-state index in [1.54, 1.807) is 110 Å². The average Bonchev–Trinajstić information content (AvgIpc) is 1.76. The first-order valence-corrected chi connectivity index (χ1v) is 30.0. The summed E-state index contributed by atoms with van der Waals surface area (Å²) in [6.07, 6.45) is 9.76. The molecule has 0 radical (unpaired) electrons. The summed E-state index contributed by atoms with van der Waals surface area (Å²) in [5.41, 5.74) is 4.48. The normalized spacial score (nSPS) is 13.8. The van der Waals surface area contributed by atoms with Crippen molar-refractivity contribution < 1.29 is 62.5 Å². The molecular formula is C71H72N6O14. The number of nitrogens with zero attached hydrogens (tertiary/aromatic N) is 6. The van der Waals surface area contributed by atoms with E-state index in [1.807, 2.05) is 49.1 Å². The van der Waals surface area contributed by atoms with Crippen molar-refractivity contribution in [2.24, 2.45) is 0 Å². The first-order valence-electron chi connectivity index (χ1n) is 30.0. The van der Waals surface area contributed by atoms with Crippen molar-refractivity contribution in [3.05, 3.63) is 237 Å². The lowest BCUT2D eigenvalue weighted by Crippen LogP contribution is -2.41. The number of carbonyl (C=O) groups excluding carboxylic acids is 7. The molecule has 0 spiro atoms. The van der Waals surface area contributed by atoms with E-state index in [1.165, 1.54) is 51.4 Å². The maximum Gasteiger partial charge on any atom is 0.419 e. The number of rotatable bonds is 13. The zero-order chi connectivity index (χ0) is 65.0. The summed E-state index contributed by atoms with van der Waals surface area (Å²) >= 11 is 0. The molecule has 0 bridgehead atoms. The van der Waals surface area contributed by atoms with Crippen molar-refractivity contribution >= 4 is 75.0 Å². The highest BCUT2D eigenvalue weighted by atomic mass is 16.6. The molecule has 91 heavy (non-hydrogen) atoms. The smallest absolute Gasteiger partial charge is 0.419 e. The van der Waals surface area contributed by atoms with Gasteiger partial charge in [0, 0.05) is 116 Å². The van der Waals surface area contributed by atoms with Gasteiger partial charge in [-0.1, -0.05) is 116 Å². The number of nitro benzene ring substituents is 1. The number of piperidine rings is 2. The molecule has 3 amide bonds. The van der Waals surface area contributed by atoms with Gasteiger partial charge in [-0.15, -0.1) is 0 Å². The number of fused-ring (bicyclic) bond motifs is 4. The lowest BCUT2D eigenvalue weighted by atomic mass is 9.83. The number of amides is 3. The molecule has 1 atom stereocenters. The highest BCUT2D eigenvalue weighted by molar-refractivity contribution is 6.28. The fourth-order valence-corrected chi connectivity index (χ4v) is 10.4. The largest absolute Gasteiger partial charge is 0.507 e. The van der Waals surface area contributed by atoms with Crippen molar-refractivity contribution in [3.8, 4) is 5.75 Å². The van der Waals surface area contributed by atoms with E-state index in [0.29, 0.717) is 83.5 Å². The molecule has 11 rings (SSSR count). The van der Waals surface area contributed by atoms with Crippen LogP contribution in [0.2, 0.25) is 0 Å². The summed E-state index contributed by atoms with van der Waals surface area (Å²) in [4.78, 5) is 104. The molecular weight excluding hydrogens is 1160 g/mol. The van der Waals surface area contributed by atoms with Gasteiger partial charge in [-0.05, 0) is 110 Å². The lowest BCUT2D eigenvalue weighted by Gasteiger charge is -2.31. The molecule has 8 aromatic rings. The number of carbonyl (C=O) groups is 7. The van der Waals surface area contributed by atoms with Crippen LogP contribution in [0, 0.1) is 10.1 Å². The maximum atomic E-state index is 12.8. The summed E-state index contributed by atoms with van der Waals surface area (Å²) < 4.78 is 22.6. The molecule has 470 valence electrons. The third-order valence-electron chi connectivity index (χ3n) is 15.5. The van der Waals surface area contributed by atoms with E-state index in [4.69, 9.17) is 18.9 Å². The summed E-state index contributed by atoms with van der Waals surface area (Å²) in [6.45, 7) is 14.7. The highest BCUT2D eigenvalue weighted by Gasteiger charge is 2.31. The minimum absolute atomic E-state index is 0.0351. The van der Waals surface area contributed by atoms with Gasteiger partial charge in [-0.3, -0.25) is 24.5 Å². The molecule has 7 aromatic carbocycles. The van der Waals surface area contributed by atoms with Crippen LogP contribution in [0.4, 0.5) is 20.1 Å². The quantitative estimate of drug-likeness (QED) is 0.0281. The molecule has 1 aliphatic carbocycles.